The van der Waals surface area contributed by atoms with E-state index in [9.17, 15) is 9.18 Å². The Labute approximate surface area is 109 Å². The average molecular weight is 263 g/mol. The van der Waals surface area contributed by atoms with E-state index in [1.54, 1.807) is 18.3 Å². The maximum absolute atomic E-state index is 11.9. The number of hydrogen-bond acceptors (Lipinski definition) is 4. The highest BCUT2D eigenvalue weighted by Crippen LogP contribution is 2.15. The van der Waals surface area contributed by atoms with Crippen LogP contribution in [0, 0.1) is 0 Å². The fourth-order valence-electron chi connectivity index (χ4n) is 1.56. The lowest BCUT2D eigenvalue weighted by Crippen LogP contribution is -2.09. The molecule has 2 aromatic rings. The van der Waals surface area contributed by atoms with Crippen molar-refractivity contribution in [1.82, 2.24) is 9.78 Å². The number of carbonyl (C=O) groups is 1. The second kappa shape index (κ2) is 5.99. The van der Waals surface area contributed by atoms with Crippen molar-refractivity contribution < 1.29 is 13.9 Å². The minimum atomic E-state index is -0.568. The Hall–Kier alpha value is -2.37. The van der Waals surface area contributed by atoms with E-state index in [0.717, 1.165) is 0 Å². The third-order valence-electron chi connectivity index (χ3n) is 2.49. The summed E-state index contributed by atoms with van der Waals surface area (Å²) >= 11 is 0. The zero-order chi connectivity index (χ0) is 13.7. The van der Waals surface area contributed by atoms with Crippen LogP contribution in [0.5, 0.6) is 0 Å². The molecule has 1 aromatic carbocycles. The van der Waals surface area contributed by atoms with Gasteiger partial charge in [-0.2, -0.15) is 5.10 Å². The van der Waals surface area contributed by atoms with Gasteiger partial charge in [0.25, 0.3) is 0 Å². The van der Waals surface area contributed by atoms with Crippen LogP contribution in [0.15, 0.2) is 36.5 Å². The van der Waals surface area contributed by atoms with Gasteiger partial charge >= 0.3 is 5.97 Å². The first-order chi connectivity index (χ1) is 9.22. The highest BCUT2D eigenvalue weighted by Gasteiger charge is 2.12. The summed E-state index contributed by atoms with van der Waals surface area (Å²) in [5.74, 6) is -0.568. The quantitative estimate of drug-likeness (QED) is 0.508. The van der Waals surface area contributed by atoms with Gasteiger partial charge in [-0.15, -0.1) is 0 Å². The predicted molar refractivity (Wildman–Crippen MR) is 68.9 cm³/mol. The fourth-order valence-corrected chi connectivity index (χ4v) is 1.56. The molecule has 0 radical (unpaired) electrons. The van der Waals surface area contributed by atoms with Crippen LogP contribution in [0.3, 0.4) is 0 Å². The van der Waals surface area contributed by atoms with E-state index in [0.29, 0.717) is 11.4 Å². The van der Waals surface area contributed by atoms with Gasteiger partial charge in [0.2, 0.25) is 0 Å². The van der Waals surface area contributed by atoms with Crippen LogP contribution in [0.1, 0.15) is 16.9 Å². The van der Waals surface area contributed by atoms with Crippen molar-refractivity contribution in [3.63, 3.8) is 0 Å². The summed E-state index contributed by atoms with van der Waals surface area (Å²) in [7, 11) is 0. The van der Waals surface area contributed by atoms with Crippen LogP contribution < -0.4 is 5.73 Å². The number of aromatic nitrogens is 2. The molecule has 0 atom stereocenters. The normalized spacial score (nSPS) is 10.4. The molecule has 0 fully saturated rings. The number of halogens is 1. The minimum absolute atomic E-state index is 0.0513. The molecule has 0 aliphatic heterocycles. The van der Waals surface area contributed by atoms with Gasteiger partial charge < -0.3 is 10.5 Å². The summed E-state index contributed by atoms with van der Waals surface area (Å²) in [4.78, 5) is 11.6. The molecule has 2 rings (SSSR count). The second-order valence-corrected chi connectivity index (χ2v) is 3.88. The Morgan fingerprint density at radius 1 is 1.37 bits per heavy atom. The highest BCUT2D eigenvalue weighted by atomic mass is 19.1. The molecule has 0 spiro atoms. The SMILES string of the molecule is Nc1ccccc1-n1ccc(C(=O)OCCCF)n1. The first-order valence-corrected chi connectivity index (χ1v) is 5.86. The van der Waals surface area contributed by atoms with Gasteiger partial charge in [-0.25, -0.2) is 9.48 Å². The summed E-state index contributed by atoms with van der Waals surface area (Å²) in [6.45, 7) is -0.460. The standard InChI is InChI=1S/C13H14FN3O2/c14-7-3-9-19-13(18)11-6-8-17(16-11)12-5-2-1-4-10(12)15/h1-2,4-6,8H,3,7,9,15H2. The lowest BCUT2D eigenvalue weighted by atomic mass is 10.3. The number of hydrogen-bond donors (Lipinski definition) is 1. The molecule has 19 heavy (non-hydrogen) atoms. The Kier molecular flexibility index (Phi) is 4.12. The van der Waals surface area contributed by atoms with Crippen molar-refractivity contribution in [3.05, 3.63) is 42.2 Å². The van der Waals surface area contributed by atoms with Crippen LogP contribution >= 0.6 is 0 Å². The summed E-state index contributed by atoms with van der Waals surface area (Å²) < 4.78 is 18.3. The summed E-state index contributed by atoms with van der Waals surface area (Å²) in [5, 5.41) is 4.09. The zero-order valence-corrected chi connectivity index (χ0v) is 10.3. The molecule has 6 heteroatoms. The van der Waals surface area contributed by atoms with E-state index in [1.165, 1.54) is 10.7 Å². The van der Waals surface area contributed by atoms with Crippen molar-refractivity contribution in [1.29, 1.82) is 0 Å². The van der Waals surface area contributed by atoms with Crippen molar-refractivity contribution in [2.24, 2.45) is 0 Å². The highest BCUT2D eigenvalue weighted by molar-refractivity contribution is 5.87. The summed E-state index contributed by atoms with van der Waals surface area (Å²) in [6.07, 6.45) is 1.82. The number of benzene rings is 1. The Bertz CT molecular complexity index is 569. The van der Waals surface area contributed by atoms with Crippen molar-refractivity contribution in [3.8, 4) is 5.69 Å². The smallest absolute Gasteiger partial charge is 0.358 e. The molecule has 0 saturated heterocycles. The first kappa shape index (κ1) is 13.1. The van der Waals surface area contributed by atoms with Crippen molar-refractivity contribution in [2.75, 3.05) is 19.0 Å². The molecule has 1 aromatic heterocycles. The van der Waals surface area contributed by atoms with E-state index in [-0.39, 0.29) is 18.7 Å². The number of nitrogens with zero attached hydrogens (tertiary/aromatic N) is 2. The molecule has 100 valence electrons. The third kappa shape index (κ3) is 3.09. The number of esters is 1. The zero-order valence-electron chi connectivity index (χ0n) is 10.3. The Morgan fingerprint density at radius 3 is 2.89 bits per heavy atom. The molecule has 5 nitrogen and oxygen atoms in total. The molecular formula is C13H14FN3O2. The van der Waals surface area contributed by atoms with E-state index >= 15 is 0 Å². The number of alkyl halides is 1. The Morgan fingerprint density at radius 2 is 2.16 bits per heavy atom. The molecular weight excluding hydrogens is 249 g/mol. The molecule has 1 heterocycles. The molecule has 0 aliphatic carbocycles. The lowest BCUT2D eigenvalue weighted by molar-refractivity contribution is 0.0486. The Balaban J connectivity index is 2.11. The first-order valence-electron chi connectivity index (χ1n) is 5.86. The van der Waals surface area contributed by atoms with Gasteiger partial charge in [-0.3, -0.25) is 4.39 Å². The van der Waals surface area contributed by atoms with Gasteiger partial charge in [0.05, 0.1) is 24.7 Å². The maximum atomic E-state index is 11.9. The second-order valence-electron chi connectivity index (χ2n) is 3.88. The monoisotopic (exact) mass is 263 g/mol. The van der Waals surface area contributed by atoms with E-state index < -0.39 is 12.6 Å². The van der Waals surface area contributed by atoms with Crippen molar-refractivity contribution >= 4 is 11.7 Å². The van der Waals surface area contributed by atoms with Crippen LogP contribution in [0.4, 0.5) is 10.1 Å². The van der Waals surface area contributed by atoms with E-state index in [2.05, 4.69) is 5.10 Å². The van der Waals surface area contributed by atoms with Gasteiger partial charge in [-0.05, 0) is 18.2 Å². The van der Waals surface area contributed by atoms with Gasteiger partial charge in [-0.1, -0.05) is 12.1 Å². The maximum Gasteiger partial charge on any atom is 0.358 e. The third-order valence-corrected chi connectivity index (χ3v) is 2.49. The van der Waals surface area contributed by atoms with Crippen LogP contribution in [0.25, 0.3) is 5.69 Å². The van der Waals surface area contributed by atoms with Gasteiger partial charge in [0.15, 0.2) is 5.69 Å². The fraction of sp³-hybridized carbons (Fsp3) is 0.231. The molecule has 0 aliphatic rings. The topological polar surface area (TPSA) is 70.1 Å². The lowest BCUT2D eigenvalue weighted by Gasteiger charge is -2.04. The number of ether oxygens (including phenoxy) is 1. The van der Waals surface area contributed by atoms with Crippen LogP contribution in [-0.2, 0) is 4.74 Å². The van der Waals surface area contributed by atoms with Crippen LogP contribution in [-0.4, -0.2) is 29.0 Å². The van der Waals surface area contributed by atoms with Crippen LogP contribution in [0.2, 0.25) is 0 Å². The number of nitrogen functional groups attached to an aromatic ring is 1. The average Bonchev–Trinajstić information content (AvgIpc) is 2.89. The molecule has 0 saturated carbocycles. The number of para-hydroxylation sites is 2. The number of carbonyl (C=O) groups excluding carboxylic acids is 1. The van der Waals surface area contributed by atoms with E-state index in [1.807, 2.05) is 12.1 Å². The van der Waals surface area contributed by atoms with E-state index in [4.69, 9.17) is 10.5 Å². The summed E-state index contributed by atoms with van der Waals surface area (Å²) in [5.41, 5.74) is 7.23. The number of rotatable bonds is 5. The largest absolute Gasteiger partial charge is 0.461 e. The molecule has 0 amide bonds. The van der Waals surface area contributed by atoms with Crippen molar-refractivity contribution in [2.45, 2.75) is 6.42 Å². The molecule has 0 bridgehead atoms. The number of anilines is 1. The van der Waals surface area contributed by atoms with Gasteiger partial charge in [0.1, 0.15) is 0 Å². The molecule has 0 unspecified atom stereocenters. The number of nitrogens with two attached hydrogens (primary N) is 1. The molecule has 2 N–H and O–H groups in total. The summed E-state index contributed by atoms with van der Waals surface area (Å²) in [6, 6.07) is 8.71. The minimum Gasteiger partial charge on any atom is -0.461 e. The predicted octanol–water partition coefficient (Wildman–Crippen LogP) is 1.97. The van der Waals surface area contributed by atoms with Gasteiger partial charge in [0, 0.05) is 12.6 Å².